The van der Waals surface area contributed by atoms with Gasteiger partial charge < -0.3 is 9.64 Å². The lowest BCUT2D eigenvalue weighted by Gasteiger charge is -2.34. The maximum Gasteiger partial charge on any atom is 0.255 e. The highest BCUT2D eigenvalue weighted by Crippen LogP contribution is 2.25. The van der Waals surface area contributed by atoms with Crippen molar-refractivity contribution in [2.24, 2.45) is 0 Å². The molecular formula is C14H19BrN2O2. The van der Waals surface area contributed by atoms with Crippen molar-refractivity contribution in [3.05, 3.63) is 28.5 Å². The summed E-state index contributed by atoms with van der Waals surface area (Å²) < 4.78 is 6.19. The molecule has 0 aliphatic heterocycles. The van der Waals surface area contributed by atoms with Gasteiger partial charge in [0.1, 0.15) is 0 Å². The normalized spacial score (nSPS) is 23.1. The molecule has 5 heteroatoms. The van der Waals surface area contributed by atoms with E-state index < -0.39 is 0 Å². The van der Waals surface area contributed by atoms with E-state index in [-0.39, 0.29) is 5.91 Å². The van der Waals surface area contributed by atoms with Crippen molar-refractivity contribution in [2.45, 2.75) is 37.8 Å². The van der Waals surface area contributed by atoms with Crippen LogP contribution in [0.4, 0.5) is 0 Å². The molecule has 104 valence electrons. The quantitative estimate of drug-likeness (QED) is 0.857. The molecule has 0 bridgehead atoms. The lowest BCUT2D eigenvalue weighted by atomic mass is 9.92. The third-order valence-electron chi connectivity index (χ3n) is 3.80. The van der Waals surface area contributed by atoms with Crippen molar-refractivity contribution < 1.29 is 9.53 Å². The van der Waals surface area contributed by atoms with Crippen LogP contribution in [0.15, 0.2) is 22.9 Å². The standard InChI is InChI=1S/C14H19BrN2O2/c1-17(12-3-5-13(19-2)6-4-12)14(18)10-7-11(15)9-16-8-10/h7-9,12-13H,3-6H2,1-2H3. The average Bonchev–Trinajstić information content (AvgIpc) is 2.46. The lowest BCUT2D eigenvalue weighted by Crippen LogP contribution is -2.40. The van der Waals surface area contributed by atoms with E-state index in [1.807, 2.05) is 18.0 Å². The van der Waals surface area contributed by atoms with Crippen LogP contribution in [0.1, 0.15) is 36.0 Å². The molecule has 0 radical (unpaired) electrons. The third-order valence-corrected chi connectivity index (χ3v) is 4.23. The van der Waals surface area contributed by atoms with Crippen molar-refractivity contribution in [1.82, 2.24) is 9.88 Å². The summed E-state index contributed by atoms with van der Waals surface area (Å²) in [6, 6.07) is 2.12. The first-order chi connectivity index (χ1) is 9.11. The first-order valence-electron chi connectivity index (χ1n) is 6.52. The number of carbonyl (C=O) groups is 1. The summed E-state index contributed by atoms with van der Waals surface area (Å²) >= 11 is 3.34. The van der Waals surface area contributed by atoms with E-state index in [0.717, 1.165) is 30.2 Å². The molecule has 1 aromatic rings. The molecular weight excluding hydrogens is 308 g/mol. The maximum absolute atomic E-state index is 12.4. The molecule has 0 aromatic carbocycles. The molecule has 1 aromatic heterocycles. The van der Waals surface area contributed by atoms with Gasteiger partial charge in [-0.2, -0.15) is 0 Å². The van der Waals surface area contributed by atoms with Crippen LogP contribution in [0.25, 0.3) is 0 Å². The van der Waals surface area contributed by atoms with Gasteiger partial charge in [0.05, 0.1) is 11.7 Å². The number of carbonyl (C=O) groups excluding carboxylic acids is 1. The van der Waals surface area contributed by atoms with Crippen LogP contribution < -0.4 is 0 Å². The zero-order valence-corrected chi connectivity index (χ0v) is 12.9. The van der Waals surface area contributed by atoms with Gasteiger partial charge in [0.25, 0.3) is 5.91 Å². The number of pyridine rings is 1. The van der Waals surface area contributed by atoms with Crippen LogP contribution in [-0.4, -0.2) is 42.1 Å². The highest BCUT2D eigenvalue weighted by molar-refractivity contribution is 9.10. The molecule has 2 rings (SSSR count). The predicted octanol–water partition coefficient (Wildman–Crippen LogP) is 2.87. The Morgan fingerprint density at radius 2 is 2.05 bits per heavy atom. The zero-order chi connectivity index (χ0) is 13.8. The maximum atomic E-state index is 12.4. The number of hydrogen-bond acceptors (Lipinski definition) is 3. The second-order valence-electron chi connectivity index (χ2n) is 4.97. The van der Waals surface area contributed by atoms with E-state index in [9.17, 15) is 4.79 Å². The fraction of sp³-hybridized carbons (Fsp3) is 0.571. The van der Waals surface area contributed by atoms with Crippen LogP contribution in [0.2, 0.25) is 0 Å². The second-order valence-corrected chi connectivity index (χ2v) is 5.89. The molecule has 1 fully saturated rings. The molecule has 0 atom stereocenters. The molecule has 19 heavy (non-hydrogen) atoms. The Labute approximate surface area is 122 Å². The van der Waals surface area contributed by atoms with Crippen LogP contribution >= 0.6 is 15.9 Å². The summed E-state index contributed by atoms with van der Waals surface area (Å²) in [7, 11) is 3.63. The minimum atomic E-state index is 0.0367. The van der Waals surface area contributed by atoms with Gasteiger partial charge in [0, 0.05) is 37.1 Å². The minimum Gasteiger partial charge on any atom is -0.381 e. The molecule has 4 nitrogen and oxygen atoms in total. The first-order valence-corrected chi connectivity index (χ1v) is 7.31. The lowest BCUT2D eigenvalue weighted by molar-refractivity contribution is 0.0386. The first kappa shape index (κ1) is 14.5. The van der Waals surface area contributed by atoms with E-state index in [1.54, 1.807) is 19.5 Å². The third kappa shape index (κ3) is 3.54. The molecule has 1 amide bonds. The number of nitrogens with zero attached hydrogens (tertiary/aromatic N) is 2. The predicted molar refractivity (Wildman–Crippen MR) is 77.1 cm³/mol. The SMILES string of the molecule is COC1CCC(N(C)C(=O)c2cncc(Br)c2)CC1. The minimum absolute atomic E-state index is 0.0367. The average molecular weight is 327 g/mol. The summed E-state index contributed by atoms with van der Waals surface area (Å²) in [4.78, 5) is 18.3. The van der Waals surface area contributed by atoms with Crippen molar-refractivity contribution in [3.8, 4) is 0 Å². The van der Waals surface area contributed by atoms with Gasteiger partial charge in [-0.1, -0.05) is 0 Å². The van der Waals surface area contributed by atoms with Gasteiger partial charge in [-0.3, -0.25) is 9.78 Å². The Bertz CT molecular complexity index is 445. The summed E-state index contributed by atoms with van der Waals surface area (Å²) in [5.74, 6) is 0.0367. The van der Waals surface area contributed by atoms with E-state index in [2.05, 4.69) is 20.9 Å². The number of amides is 1. The van der Waals surface area contributed by atoms with Crippen LogP contribution in [0.5, 0.6) is 0 Å². The van der Waals surface area contributed by atoms with E-state index >= 15 is 0 Å². The van der Waals surface area contributed by atoms with Gasteiger partial charge in [0.15, 0.2) is 0 Å². The molecule has 1 saturated carbocycles. The van der Waals surface area contributed by atoms with Crippen molar-refractivity contribution in [2.75, 3.05) is 14.2 Å². The molecule has 0 spiro atoms. The number of rotatable bonds is 3. The second kappa shape index (κ2) is 6.48. The van der Waals surface area contributed by atoms with Gasteiger partial charge in [-0.05, 0) is 47.7 Å². The van der Waals surface area contributed by atoms with E-state index in [4.69, 9.17) is 4.74 Å². The molecule has 0 unspecified atom stereocenters. The van der Waals surface area contributed by atoms with Gasteiger partial charge in [-0.15, -0.1) is 0 Å². The molecule has 1 aliphatic carbocycles. The zero-order valence-electron chi connectivity index (χ0n) is 11.3. The van der Waals surface area contributed by atoms with Crippen LogP contribution in [0.3, 0.4) is 0 Å². The van der Waals surface area contributed by atoms with Gasteiger partial charge in [-0.25, -0.2) is 0 Å². The monoisotopic (exact) mass is 326 g/mol. The number of aromatic nitrogens is 1. The highest BCUT2D eigenvalue weighted by atomic mass is 79.9. The Kier molecular flexibility index (Phi) is 4.93. The largest absolute Gasteiger partial charge is 0.381 e. The topological polar surface area (TPSA) is 42.4 Å². The molecule has 0 N–H and O–H groups in total. The summed E-state index contributed by atoms with van der Waals surface area (Å²) in [6.07, 6.45) is 7.70. The number of methoxy groups -OCH3 is 1. The Morgan fingerprint density at radius 3 is 2.63 bits per heavy atom. The summed E-state index contributed by atoms with van der Waals surface area (Å²) in [5, 5.41) is 0. The highest BCUT2D eigenvalue weighted by Gasteiger charge is 2.27. The number of hydrogen-bond donors (Lipinski definition) is 0. The molecule has 0 saturated heterocycles. The molecule has 1 aliphatic rings. The smallest absolute Gasteiger partial charge is 0.255 e. The summed E-state index contributed by atoms with van der Waals surface area (Å²) in [6.45, 7) is 0. The fourth-order valence-corrected chi connectivity index (χ4v) is 2.93. The van der Waals surface area contributed by atoms with Gasteiger partial charge in [0.2, 0.25) is 0 Å². The van der Waals surface area contributed by atoms with E-state index in [1.165, 1.54) is 0 Å². The fourth-order valence-electron chi connectivity index (χ4n) is 2.57. The van der Waals surface area contributed by atoms with Crippen molar-refractivity contribution in [1.29, 1.82) is 0 Å². The van der Waals surface area contributed by atoms with Crippen molar-refractivity contribution in [3.63, 3.8) is 0 Å². The number of halogens is 1. The Morgan fingerprint density at radius 1 is 1.37 bits per heavy atom. The van der Waals surface area contributed by atoms with Crippen molar-refractivity contribution >= 4 is 21.8 Å². The van der Waals surface area contributed by atoms with Crippen LogP contribution in [-0.2, 0) is 4.74 Å². The van der Waals surface area contributed by atoms with Gasteiger partial charge >= 0.3 is 0 Å². The number of ether oxygens (including phenoxy) is 1. The Hall–Kier alpha value is -0.940. The molecule has 1 heterocycles. The Balaban J connectivity index is 2.00. The van der Waals surface area contributed by atoms with Crippen LogP contribution in [0, 0.1) is 0 Å². The summed E-state index contributed by atoms with van der Waals surface area (Å²) in [5.41, 5.74) is 0.630. The van der Waals surface area contributed by atoms with E-state index in [0.29, 0.717) is 17.7 Å².